The molecular weight excluding hydrogens is 439 g/mol. The highest BCUT2D eigenvalue weighted by atomic mass is 127. The summed E-state index contributed by atoms with van der Waals surface area (Å²) in [5, 5.41) is 5.53. The zero-order valence-corrected chi connectivity index (χ0v) is 15.2. The van der Waals surface area contributed by atoms with E-state index in [1.807, 2.05) is 12.1 Å². The Kier molecular flexibility index (Phi) is 4.91. The molecule has 1 aliphatic heterocycles. The van der Waals surface area contributed by atoms with Crippen LogP contribution in [0, 0.1) is 3.57 Å². The van der Waals surface area contributed by atoms with E-state index in [4.69, 9.17) is 17.0 Å². The topological polar surface area (TPSA) is 67.4 Å². The standard InChI is InChI=1S/C17H11IN2O3S/c18-13-7-2-1-6-12(13)16(22)23-11-5-3-4-10(8-11)9-14-15(21)20-17(24)19-14/h1-9H,(H2,19,20,21,24)/b14-9-. The van der Waals surface area contributed by atoms with Crippen LogP contribution in [0.15, 0.2) is 54.2 Å². The molecule has 0 aromatic heterocycles. The van der Waals surface area contributed by atoms with Crippen LogP contribution in [0.1, 0.15) is 15.9 Å². The lowest BCUT2D eigenvalue weighted by atomic mass is 10.2. The van der Waals surface area contributed by atoms with Gasteiger partial charge in [-0.25, -0.2) is 4.79 Å². The second-order valence-corrected chi connectivity index (χ2v) is 6.48. The number of hydrogen-bond donors (Lipinski definition) is 2. The number of amides is 1. The molecule has 0 unspecified atom stereocenters. The molecule has 2 aromatic rings. The molecule has 0 bridgehead atoms. The number of esters is 1. The predicted octanol–water partition coefficient (Wildman–Crippen LogP) is 2.86. The van der Waals surface area contributed by atoms with E-state index in [0.717, 1.165) is 3.57 Å². The third kappa shape index (κ3) is 3.80. The van der Waals surface area contributed by atoms with E-state index in [1.165, 1.54) is 0 Å². The number of halogens is 1. The van der Waals surface area contributed by atoms with E-state index in [1.54, 1.807) is 42.5 Å². The number of carbonyl (C=O) groups is 2. The van der Waals surface area contributed by atoms with Crippen LogP contribution in [0.2, 0.25) is 0 Å². The first kappa shape index (κ1) is 16.6. The predicted molar refractivity (Wildman–Crippen MR) is 102 cm³/mol. The van der Waals surface area contributed by atoms with Gasteiger partial charge in [0.05, 0.1) is 5.56 Å². The van der Waals surface area contributed by atoms with Crippen LogP contribution < -0.4 is 15.4 Å². The van der Waals surface area contributed by atoms with Gasteiger partial charge in [-0.1, -0.05) is 24.3 Å². The van der Waals surface area contributed by atoms with Crippen LogP contribution in [-0.2, 0) is 4.79 Å². The molecule has 0 saturated carbocycles. The van der Waals surface area contributed by atoms with Crippen molar-refractivity contribution < 1.29 is 14.3 Å². The molecule has 3 rings (SSSR count). The summed E-state index contributed by atoms with van der Waals surface area (Å²) in [7, 11) is 0. The summed E-state index contributed by atoms with van der Waals surface area (Å²) in [6.45, 7) is 0. The summed E-state index contributed by atoms with van der Waals surface area (Å²) in [4.78, 5) is 23.9. The molecule has 2 N–H and O–H groups in total. The molecule has 5 nitrogen and oxygen atoms in total. The summed E-state index contributed by atoms with van der Waals surface area (Å²) >= 11 is 6.97. The summed E-state index contributed by atoms with van der Waals surface area (Å²) < 4.78 is 6.23. The first-order valence-electron chi connectivity index (χ1n) is 6.94. The quantitative estimate of drug-likeness (QED) is 0.248. The minimum atomic E-state index is -0.428. The van der Waals surface area contributed by atoms with Gasteiger partial charge in [-0.15, -0.1) is 0 Å². The Hall–Kier alpha value is -2.26. The van der Waals surface area contributed by atoms with E-state index in [2.05, 4.69) is 33.2 Å². The van der Waals surface area contributed by atoms with E-state index >= 15 is 0 Å². The Balaban J connectivity index is 1.80. The first-order valence-corrected chi connectivity index (χ1v) is 8.42. The molecule has 0 spiro atoms. The largest absolute Gasteiger partial charge is 0.423 e. The number of ether oxygens (including phenoxy) is 1. The number of hydrogen-bond acceptors (Lipinski definition) is 4. The van der Waals surface area contributed by atoms with Crippen LogP contribution in [0.4, 0.5) is 0 Å². The molecule has 2 aromatic carbocycles. The Labute approximate surface area is 157 Å². The van der Waals surface area contributed by atoms with Gasteiger partial charge < -0.3 is 10.1 Å². The molecule has 0 aliphatic carbocycles. The highest BCUT2D eigenvalue weighted by Gasteiger charge is 2.20. The molecule has 1 aliphatic rings. The van der Waals surface area contributed by atoms with Crippen molar-refractivity contribution in [1.29, 1.82) is 0 Å². The maximum absolute atomic E-state index is 12.2. The van der Waals surface area contributed by atoms with Gasteiger partial charge in [0.1, 0.15) is 11.4 Å². The summed E-state index contributed by atoms with van der Waals surface area (Å²) in [6, 6.07) is 14.1. The third-order valence-corrected chi connectivity index (χ3v) is 4.34. The van der Waals surface area contributed by atoms with Crippen molar-refractivity contribution in [3.8, 4) is 5.75 Å². The highest BCUT2D eigenvalue weighted by Crippen LogP contribution is 2.19. The molecule has 0 radical (unpaired) electrons. The van der Waals surface area contributed by atoms with Gasteiger partial charge in [-0.2, -0.15) is 0 Å². The monoisotopic (exact) mass is 450 g/mol. The highest BCUT2D eigenvalue weighted by molar-refractivity contribution is 14.1. The summed E-state index contributed by atoms with van der Waals surface area (Å²) in [5.41, 5.74) is 1.57. The fraction of sp³-hybridized carbons (Fsp3) is 0. The average molecular weight is 450 g/mol. The molecule has 7 heteroatoms. The van der Waals surface area contributed by atoms with Gasteiger partial charge in [0.15, 0.2) is 5.11 Å². The van der Waals surface area contributed by atoms with Crippen molar-refractivity contribution >= 4 is 57.9 Å². The van der Waals surface area contributed by atoms with Gasteiger partial charge in [-0.05, 0) is 70.7 Å². The minimum absolute atomic E-state index is 0.271. The molecule has 24 heavy (non-hydrogen) atoms. The Morgan fingerprint density at radius 3 is 2.62 bits per heavy atom. The van der Waals surface area contributed by atoms with Crippen molar-refractivity contribution in [3.05, 3.63) is 68.9 Å². The maximum Gasteiger partial charge on any atom is 0.344 e. The Morgan fingerprint density at radius 2 is 1.92 bits per heavy atom. The molecule has 1 saturated heterocycles. The van der Waals surface area contributed by atoms with Gasteiger partial charge in [0.25, 0.3) is 5.91 Å². The van der Waals surface area contributed by atoms with Crippen LogP contribution >= 0.6 is 34.8 Å². The van der Waals surface area contributed by atoms with Crippen molar-refractivity contribution in [3.63, 3.8) is 0 Å². The average Bonchev–Trinajstić information content (AvgIpc) is 2.85. The first-order chi connectivity index (χ1) is 11.5. The number of thiocarbonyl (C=S) groups is 1. The number of nitrogens with one attached hydrogen (secondary N) is 2. The van der Waals surface area contributed by atoms with Gasteiger partial charge >= 0.3 is 5.97 Å². The minimum Gasteiger partial charge on any atom is -0.423 e. The number of benzene rings is 2. The van der Waals surface area contributed by atoms with Crippen LogP contribution in [0.25, 0.3) is 6.08 Å². The van der Waals surface area contributed by atoms with Crippen molar-refractivity contribution in [2.45, 2.75) is 0 Å². The lowest BCUT2D eigenvalue weighted by molar-refractivity contribution is -0.115. The second-order valence-electron chi connectivity index (χ2n) is 4.91. The molecule has 120 valence electrons. The lowest BCUT2D eigenvalue weighted by Crippen LogP contribution is -2.21. The number of carbonyl (C=O) groups excluding carboxylic acids is 2. The van der Waals surface area contributed by atoms with E-state index < -0.39 is 5.97 Å². The van der Waals surface area contributed by atoms with Crippen LogP contribution in [0.3, 0.4) is 0 Å². The zero-order valence-electron chi connectivity index (χ0n) is 12.2. The fourth-order valence-electron chi connectivity index (χ4n) is 2.11. The van der Waals surface area contributed by atoms with Crippen molar-refractivity contribution in [2.75, 3.05) is 0 Å². The summed E-state index contributed by atoms with van der Waals surface area (Å²) in [6.07, 6.45) is 1.64. The van der Waals surface area contributed by atoms with E-state index in [0.29, 0.717) is 22.6 Å². The third-order valence-electron chi connectivity index (χ3n) is 3.19. The maximum atomic E-state index is 12.2. The van der Waals surface area contributed by atoms with Gasteiger partial charge in [0, 0.05) is 3.57 Å². The van der Waals surface area contributed by atoms with E-state index in [-0.39, 0.29) is 11.0 Å². The van der Waals surface area contributed by atoms with E-state index in [9.17, 15) is 9.59 Å². The van der Waals surface area contributed by atoms with Crippen LogP contribution in [-0.4, -0.2) is 17.0 Å². The SMILES string of the molecule is O=C1NC(=S)N/C1=C\c1cccc(OC(=O)c2ccccc2I)c1. The second kappa shape index (κ2) is 7.10. The molecule has 1 heterocycles. The molecular formula is C17H11IN2O3S. The Morgan fingerprint density at radius 1 is 1.12 bits per heavy atom. The zero-order chi connectivity index (χ0) is 17.1. The fourth-order valence-corrected chi connectivity index (χ4v) is 2.92. The Bertz CT molecular complexity index is 880. The normalized spacial score (nSPS) is 15.1. The molecule has 1 amide bonds. The van der Waals surface area contributed by atoms with Crippen molar-refractivity contribution in [1.82, 2.24) is 10.6 Å². The molecule has 1 fully saturated rings. The number of rotatable bonds is 3. The van der Waals surface area contributed by atoms with Gasteiger partial charge in [0.2, 0.25) is 0 Å². The summed E-state index contributed by atoms with van der Waals surface area (Å²) in [5.74, 6) is -0.320. The van der Waals surface area contributed by atoms with Crippen LogP contribution in [0.5, 0.6) is 5.75 Å². The van der Waals surface area contributed by atoms with Gasteiger partial charge in [-0.3, -0.25) is 10.1 Å². The van der Waals surface area contributed by atoms with Crippen molar-refractivity contribution in [2.24, 2.45) is 0 Å². The smallest absolute Gasteiger partial charge is 0.344 e. The molecule has 0 atom stereocenters. The lowest BCUT2D eigenvalue weighted by Gasteiger charge is -2.06.